The van der Waals surface area contributed by atoms with E-state index < -0.39 is 28.4 Å². The van der Waals surface area contributed by atoms with Gasteiger partial charge in [-0.2, -0.15) is 0 Å². The fourth-order valence-electron chi connectivity index (χ4n) is 3.37. The van der Waals surface area contributed by atoms with Crippen molar-refractivity contribution < 1.29 is 24.4 Å². The van der Waals surface area contributed by atoms with Crippen LogP contribution in [0.15, 0.2) is 66.7 Å². The fourth-order valence-corrected chi connectivity index (χ4v) is 3.37. The summed E-state index contributed by atoms with van der Waals surface area (Å²) in [5.41, 5.74) is 0.764. The number of hydrogen-bond acceptors (Lipinski definition) is 5. The number of carboxylic acids is 1. The lowest BCUT2D eigenvalue weighted by molar-refractivity contribution is -0.385. The molecule has 0 aromatic heterocycles. The molecule has 8 nitrogen and oxygen atoms in total. The Labute approximate surface area is 163 Å². The minimum Gasteiger partial charge on any atom is -0.478 e. The van der Waals surface area contributed by atoms with Gasteiger partial charge in [0.05, 0.1) is 21.7 Å². The van der Waals surface area contributed by atoms with Gasteiger partial charge in [0.1, 0.15) is 5.56 Å². The summed E-state index contributed by atoms with van der Waals surface area (Å²) in [6, 6.07) is 16.6. The number of imide groups is 1. The van der Waals surface area contributed by atoms with Crippen molar-refractivity contribution in [2.75, 3.05) is 4.90 Å². The maximum Gasteiger partial charge on any atom is 0.336 e. The van der Waals surface area contributed by atoms with Crippen LogP contribution in [0, 0.1) is 10.1 Å². The van der Waals surface area contributed by atoms with Gasteiger partial charge in [0, 0.05) is 6.07 Å². The van der Waals surface area contributed by atoms with Crippen LogP contribution in [-0.2, 0) is 0 Å². The number of nitro benzene ring substituents is 1. The highest BCUT2D eigenvalue weighted by molar-refractivity contribution is 6.35. The highest BCUT2D eigenvalue weighted by atomic mass is 16.6. The molecule has 2 amide bonds. The smallest absolute Gasteiger partial charge is 0.336 e. The summed E-state index contributed by atoms with van der Waals surface area (Å²) in [4.78, 5) is 48.3. The molecule has 1 N–H and O–H groups in total. The van der Waals surface area contributed by atoms with Gasteiger partial charge in [-0.1, -0.05) is 36.4 Å². The van der Waals surface area contributed by atoms with Crippen LogP contribution < -0.4 is 4.90 Å². The first-order valence-electron chi connectivity index (χ1n) is 8.49. The topological polar surface area (TPSA) is 118 Å². The number of benzene rings is 3. The Morgan fingerprint density at radius 1 is 0.862 bits per heavy atom. The molecule has 0 aliphatic carbocycles. The maximum atomic E-state index is 12.8. The van der Waals surface area contributed by atoms with Crippen LogP contribution in [0.4, 0.5) is 11.4 Å². The van der Waals surface area contributed by atoms with Crippen LogP contribution >= 0.6 is 0 Å². The summed E-state index contributed by atoms with van der Waals surface area (Å²) in [6.07, 6.45) is 0. The molecule has 3 aromatic carbocycles. The highest BCUT2D eigenvalue weighted by Gasteiger charge is 2.41. The Hall–Kier alpha value is -4.33. The Morgan fingerprint density at radius 3 is 2.17 bits per heavy atom. The van der Waals surface area contributed by atoms with E-state index >= 15 is 0 Å². The van der Waals surface area contributed by atoms with Crippen LogP contribution in [0.25, 0.3) is 11.1 Å². The van der Waals surface area contributed by atoms with Crippen LogP contribution in [0.1, 0.15) is 31.1 Å². The molecule has 4 rings (SSSR count). The van der Waals surface area contributed by atoms with E-state index in [2.05, 4.69) is 0 Å². The van der Waals surface area contributed by atoms with E-state index in [-0.39, 0.29) is 22.4 Å². The molecule has 0 radical (unpaired) electrons. The van der Waals surface area contributed by atoms with Crippen molar-refractivity contribution in [3.63, 3.8) is 0 Å². The highest BCUT2D eigenvalue weighted by Crippen LogP contribution is 2.35. The number of carbonyl (C=O) groups excluding carboxylic acids is 2. The Morgan fingerprint density at radius 2 is 1.52 bits per heavy atom. The van der Waals surface area contributed by atoms with Gasteiger partial charge >= 0.3 is 5.97 Å². The number of aromatic carboxylic acids is 1. The van der Waals surface area contributed by atoms with Crippen molar-refractivity contribution in [3.8, 4) is 11.1 Å². The molecule has 0 atom stereocenters. The third-order valence-corrected chi connectivity index (χ3v) is 4.68. The van der Waals surface area contributed by atoms with E-state index in [9.17, 15) is 29.6 Å². The second-order valence-corrected chi connectivity index (χ2v) is 6.30. The molecule has 3 aromatic rings. The minimum atomic E-state index is -1.07. The van der Waals surface area contributed by atoms with Crippen LogP contribution in [0.2, 0.25) is 0 Å². The molecule has 1 heterocycles. The molecule has 0 spiro atoms. The average molecular weight is 388 g/mol. The first-order chi connectivity index (χ1) is 13.9. The minimum absolute atomic E-state index is 0.0236. The zero-order valence-electron chi connectivity index (χ0n) is 14.7. The number of hydrogen-bond donors (Lipinski definition) is 1. The Bertz CT molecular complexity index is 1200. The van der Waals surface area contributed by atoms with E-state index in [4.69, 9.17) is 0 Å². The first-order valence-corrected chi connectivity index (χ1v) is 8.49. The normalized spacial score (nSPS) is 12.8. The summed E-state index contributed by atoms with van der Waals surface area (Å²) in [7, 11) is 0. The quantitative estimate of drug-likeness (QED) is 0.413. The average Bonchev–Trinajstić information content (AvgIpc) is 2.98. The number of fused-ring (bicyclic) bond motifs is 1. The molecule has 0 unspecified atom stereocenters. The summed E-state index contributed by atoms with van der Waals surface area (Å²) in [5.74, 6) is -2.49. The second-order valence-electron chi connectivity index (χ2n) is 6.30. The lowest BCUT2D eigenvalue weighted by atomic mass is 9.99. The lowest BCUT2D eigenvalue weighted by Gasteiger charge is -2.14. The van der Waals surface area contributed by atoms with Gasteiger partial charge in [-0.15, -0.1) is 0 Å². The monoisotopic (exact) mass is 388 g/mol. The number of rotatable bonds is 4. The molecule has 1 aliphatic heterocycles. The molecule has 0 fully saturated rings. The first kappa shape index (κ1) is 18.1. The van der Waals surface area contributed by atoms with Crippen molar-refractivity contribution >= 4 is 29.2 Å². The number of nitro groups is 1. The van der Waals surface area contributed by atoms with Gasteiger partial charge in [-0.05, 0) is 35.4 Å². The van der Waals surface area contributed by atoms with Crippen molar-refractivity contribution in [1.82, 2.24) is 0 Å². The van der Waals surface area contributed by atoms with E-state index in [1.54, 1.807) is 30.3 Å². The molecule has 8 heteroatoms. The number of anilines is 1. The summed E-state index contributed by atoms with van der Waals surface area (Å²) in [5, 5.41) is 20.6. The molecule has 0 saturated carbocycles. The van der Waals surface area contributed by atoms with Gasteiger partial charge in [0.25, 0.3) is 17.5 Å². The Balaban J connectivity index is 1.74. The molecule has 29 heavy (non-hydrogen) atoms. The summed E-state index contributed by atoms with van der Waals surface area (Å²) < 4.78 is 0. The standard InChI is InChI=1S/C21H12N2O6/c24-19-16-6-3-7-17(23(28)29)18(16)20(25)22(19)13-10-8-12(9-11-13)14-4-1-2-5-15(14)21(26)27/h1-11H,(H,26,27). The predicted molar refractivity (Wildman–Crippen MR) is 103 cm³/mol. The van der Waals surface area contributed by atoms with E-state index in [0.29, 0.717) is 11.1 Å². The van der Waals surface area contributed by atoms with Gasteiger partial charge in [0.2, 0.25) is 0 Å². The van der Waals surface area contributed by atoms with Gasteiger partial charge in [-0.25, -0.2) is 9.69 Å². The third kappa shape index (κ3) is 2.83. The lowest BCUT2D eigenvalue weighted by Crippen LogP contribution is -2.29. The van der Waals surface area contributed by atoms with E-state index in [1.807, 2.05) is 0 Å². The van der Waals surface area contributed by atoms with Crippen molar-refractivity contribution in [3.05, 3.63) is 93.5 Å². The zero-order chi connectivity index (χ0) is 20.7. The van der Waals surface area contributed by atoms with Crippen molar-refractivity contribution in [2.24, 2.45) is 0 Å². The maximum absolute atomic E-state index is 12.8. The zero-order valence-corrected chi connectivity index (χ0v) is 14.7. The number of nitrogens with zero attached hydrogens (tertiary/aromatic N) is 2. The fraction of sp³-hybridized carbons (Fsp3) is 0. The Kier molecular flexibility index (Phi) is 4.16. The molecule has 0 bridgehead atoms. The SMILES string of the molecule is O=C(O)c1ccccc1-c1ccc(N2C(=O)c3cccc([N+](=O)[O-])c3C2=O)cc1. The molecular weight excluding hydrogens is 376 g/mol. The molecule has 0 saturated heterocycles. The third-order valence-electron chi connectivity index (χ3n) is 4.68. The number of carbonyl (C=O) groups is 3. The van der Waals surface area contributed by atoms with Crippen LogP contribution in [0.3, 0.4) is 0 Å². The summed E-state index contributed by atoms with van der Waals surface area (Å²) in [6.45, 7) is 0. The van der Waals surface area contributed by atoms with E-state index in [1.165, 1.54) is 36.4 Å². The van der Waals surface area contributed by atoms with Gasteiger partial charge < -0.3 is 5.11 Å². The van der Waals surface area contributed by atoms with Gasteiger partial charge in [0.15, 0.2) is 0 Å². The van der Waals surface area contributed by atoms with Crippen molar-refractivity contribution in [1.29, 1.82) is 0 Å². The van der Waals surface area contributed by atoms with Gasteiger partial charge in [-0.3, -0.25) is 19.7 Å². The largest absolute Gasteiger partial charge is 0.478 e. The number of amides is 2. The molecule has 1 aliphatic rings. The van der Waals surface area contributed by atoms with E-state index in [0.717, 1.165) is 4.90 Å². The second kappa shape index (κ2) is 6.68. The van der Waals surface area contributed by atoms with Crippen LogP contribution in [-0.4, -0.2) is 27.8 Å². The van der Waals surface area contributed by atoms with Crippen molar-refractivity contribution in [2.45, 2.75) is 0 Å². The predicted octanol–water partition coefficient (Wildman–Crippen LogP) is 3.76. The summed E-state index contributed by atoms with van der Waals surface area (Å²) >= 11 is 0. The van der Waals surface area contributed by atoms with Crippen LogP contribution in [0.5, 0.6) is 0 Å². The number of carboxylic acid groups (broad SMARTS) is 1. The molecular formula is C21H12N2O6. The molecule has 142 valence electrons.